The third-order valence-electron chi connectivity index (χ3n) is 4.15. The van der Waals surface area contributed by atoms with Gasteiger partial charge in [0.1, 0.15) is 0 Å². The van der Waals surface area contributed by atoms with Gasteiger partial charge in [0.05, 0.1) is 0 Å². The molecule has 2 aromatic rings. The minimum atomic E-state index is 0.224. The lowest BCUT2D eigenvalue weighted by Crippen LogP contribution is -2.36. The predicted molar refractivity (Wildman–Crippen MR) is 75.5 cm³/mol. The molecule has 0 heterocycles. The van der Waals surface area contributed by atoms with Gasteiger partial charge in [-0.05, 0) is 30.4 Å². The molecule has 0 aliphatic heterocycles. The van der Waals surface area contributed by atoms with Crippen LogP contribution in [0.25, 0.3) is 0 Å². The number of nitrogens with two attached hydrogens (primary N) is 1. The number of hydrogen-bond acceptors (Lipinski definition) is 1. The Morgan fingerprint density at radius 2 is 1.44 bits per heavy atom. The van der Waals surface area contributed by atoms with E-state index in [9.17, 15) is 0 Å². The maximum absolute atomic E-state index is 6.48. The predicted octanol–water partition coefficient (Wildman–Crippen LogP) is 3.29. The first-order valence-electron chi connectivity index (χ1n) is 6.66. The minimum Gasteiger partial charge on any atom is -0.327 e. The highest BCUT2D eigenvalue weighted by atomic mass is 14.7. The van der Waals surface area contributed by atoms with E-state index in [0.29, 0.717) is 0 Å². The lowest BCUT2D eigenvalue weighted by Gasteiger charge is -2.24. The van der Waals surface area contributed by atoms with Crippen LogP contribution >= 0.6 is 0 Å². The molecule has 1 aliphatic rings. The monoisotopic (exact) mass is 237 g/mol. The second kappa shape index (κ2) is 4.58. The quantitative estimate of drug-likeness (QED) is 0.867. The fraction of sp³-hybridized carbons (Fsp3) is 0.294. The summed E-state index contributed by atoms with van der Waals surface area (Å²) in [5, 5.41) is 0. The Hall–Kier alpha value is -1.60. The number of hydrogen-bond donors (Lipinski definition) is 1. The summed E-state index contributed by atoms with van der Waals surface area (Å²) in [5.41, 5.74) is 9.46. The van der Waals surface area contributed by atoms with E-state index >= 15 is 0 Å². The van der Waals surface area contributed by atoms with E-state index < -0.39 is 0 Å². The third kappa shape index (κ3) is 2.06. The highest BCUT2D eigenvalue weighted by Crippen LogP contribution is 2.50. The summed E-state index contributed by atoms with van der Waals surface area (Å²) in [6.45, 7) is 0. The molecule has 3 rings (SSSR count). The average Bonchev–Trinajstić information content (AvgIpc) is 3.22. The van der Waals surface area contributed by atoms with Crippen LogP contribution in [0.4, 0.5) is 0 Å². The molecule has 1 fully saturated rings. The van der Waals surface area contributed by atoms with E-state index in [4.69, 9.17) is 5.73 Å². The largest absolute Gasteiger partial charge is 0.327 e. The molecule has 2 N–H and O–H groups in total. The van der Waals surface area contributed by atoms with E-state index in [0.717, 1.165) is 6.42 Å². The zero-order chi connectivity index (χ0) is 12.4. The number of rotatable bonds is 4. The second-order valence-electron chi connectivity index (χ2n) is 5.32. The average molecular weight is 237 g/mol. The van der Waals surface area contributed by atoms with Gasteiger partial charge in [-0.3, -0.25) is 0 Å². The standard InChI is InChI=1S/C17H19N/c18-16(13-14-7-3-1-4-8-14)17(11-12-17)15-9-5-2-6-10-15/h1-10,16H,11-13,18H2. The number of benzene rings is 2. The fourth-order valence-corrected chi connectivity index (χ4v) is 2.84. The Labute approximate surface area is 109 Å². The fourth-order valence-electron chi connectivity index (χ4n) is 2.84. The van der Waals surface area contributed by atoms with Crippen molar-refractivity contribution in [1.29, 1.82) is 0 Å². The van der Waals surface area contributed by atoms with Crippen LogP contribution in [-0.4, -0.2) is 6.04 Å². The first-order valence-corrected chi connectivity index (χ1v) is 6.66. The zero-order valence-corrected chi connectivity index (χ0v) is 10.5. The van der Waals surface area contributed by atoms with Crippen molar-refractivity contribution in [2.75, 3.05) is 0 Å². The van der Waals surface area contributed by atoms with Crippen molar-refractivity contribution < 1.29 is 0 Å². The molecule has 1 aliphatic carbocycles. The van der Waals surface area contributed by atoms with Gasteiger partial charge in [-0.25, -0.2) is 0 Å². The summed E-state index contributed by atoms with van der Waals surface area (Å²) in [7, 11) is 0. The topological polar surface area (TPSA) is 26.0 Å². The van der Waals surface area contributed by atoms with Gasteiger partial charge >= 0.3 is 0 Å². The van der Waals surface area contributed by atoms with Crippen LogP contribution in [0.3, 0.4) is 0 Å². The van der Waals surface area contributed by atoms with Gasteiger partial charge in [0.25, 0.3) is 0 Å². The molecule has 1 unspecified atom stereocenters. The Morgan fingerprint density at radius 1 is 0.889 bits per heavy atom. The molecule has 0 amide bonds. The van der Waals surface area contributed by atoms with E-state index in [-0.39, 0.29) is 11.5 Å². The highest BCUT2D eigenvalue weighted by Gasteiger charge is 2.48. The van der Waals surface area contributed by atoms with Gasteiger partial charge in [-0.1, -0.05) is 60.7 Å². The van der Waals surface area contributed by atoms with Crippen LogP contribution in [-0.2, 0) is 11.8 Å². The zero-order valence-electron chi connectivity index (χ0n) is 10.5. The van der Waals surface area contributed by atoms with Gasteiger partial charge in [-0.2, -0.15) is 0 Å². The smallest absolute Gasteiger partial charge is 0.0177 e. The lowest BCUT2D eigenvalue weighted by atomic mass is 9.85. The van der Waals surface area contributed by atoms with Gasteiger partial charge in [0.2, 0.25) is 0 Å². The molecule has 1 saturated carbocycles. The van der Waals surface area contributed by atoms with E-state index in [1.807, 2.05) is 0 Å². The molecule has 18 heavy (non-hydrogen) atoms. The van der Waals surface area contributed by atoms with Gasteiger partial charge < -0.3 is 5.73 Å². The van der Waals surface area contributed by atoms with Crippen LogP contribution in [0.2, 0.25) is 0 Å². The Morgan fingerprint density at radius 3 is 2.00 bits per heavy atom. The molecular formula is C17H19N. The van der Waals surface area contributed by atoms with Crippen molar-refractivity contribution in [3.63, 3.8) is 0 Å². The molecule has 2 aromatic carbocycles. The van der Waals surface area contributed by atoms with Crippen molar-refractivity contribution in [1.82, 2.24) is 0 Å². The van der Waals surface area contributed by atoms with E-state index in [1.54, 1.807) is 0 Å². The maximum Gasteiger partial charge on any atom is 0.0177 e. The summed E-state index contributed by atoms with van der Waals surface area (Å²) in [4.78, 5) is 0. The summed E-state index contributed by atoms with van der Waals surface area (Å²) in [5.74, 6) is 0. The minimum absolute atomic E-state index is 0.224. The first-order chi connectivity index (χ1) is 8.81. The van der Waals surface area contributed by atoms with Crippen LogP contribution in [0, 0.1) is 0 Å². The second-order valence-corrected chi connectivity index (χ2v) is 5.32. The molecular weight excluding hydrogens is 218 g/mol. The lowest BCUT2D eigenvalue weighted by molar-refractivity contribution is 0.514. The maximum atomic E-state index is 6.48. The molecule has 0 radical (unpaired) electrons. The van der Waals surface area contributed by atoms with Gasteiger partial charge in [0, 0.05) is 11.5 Å². The van der Waals surface area contributed by atoms with Crippen LogP contribution < -0.4 is 5.73 Å². The molecule has 0 bridgehead atoms. The van der Waals surface area contributed by atoms with E-state index in [1.165, 1.54) is 24.0 Å². The SMILES string of the molecule is NC(Cc1ccccc1)C1(c2ccccc2)CC1. The van der Waals surface area contributed by atoms with Crippen molar-refractivity contribution >= 4 is 0 Å². The summed E-state index contributed by atoms with van der Waals surface area (Å²) in [6, 6.07) is 21.5. The summed E-state index contributed by atoms with van der Waals surface area (Å²) < 4.78 is 0. The van der Waals surface area contributed by atoms with Crippen LogP contribution in [0.1, 0.15) is 24.0 Å². The van der Waals surface area contributed by atoms with Crippen molar-refractivity contribution in [3.8, 4) is 0 Å². The Bertz CT molecular complexity index is 500. The summed E-state index contributed by atoms with van der Waals surface area (Å²) in [6.07, 6.45) is 3.42. The highest BCUT2D eigenvalue weighted by molar-refractivity contribution is 5.34. The Balaban J connectivity index is 1.79. The van der Waals surface area contributed by atoms with Gasteiger partial charge in [-0.15, -0.1) is 0 Å². The van der Waals surface area contributed by atoms with Crippen LogP contribution in [0.5, 0.6) is 0 Å². The molecule has 92 valence electrons. The molecule has 1 atom stereocenters. The van der Waals surface area contributed by atoms with Gasteiger partial charge in [0.15, 0.2) is 0 Å². The molecule has 0 aromatic heterocycles. The van der Waals surface area contributed by atoms with Crippen molar-refractivity contribution in [2.24, 2.45) is 5.73 Å². The molecule has 1 nitrogen and oxygen atoms in total. The van der Waals surface area contributed by atoms with Crippen LogP contribution in [0.15, 0.2) is 60.7 Å². The Kier molecular flexibility index (Phi) is 2.92. The molecule has 0 saturated heterocycles. The molecule has 1 heteroatoms. The first kappa shape index (κ1) is 11.5. The summed E-state index contributed by atoms with van der Waals surface area (Å²) >= 11 is 0. The van der Waals surface area contributed by atoms with Crippen molar-refractivity contribution in [3.05, 3.63) is 71.8 Å². The van der Waals surface area contributed by atoms with Crippen molar-refractivity contribution in [2.45, 2.75) is 30.7 Å². The molecule has 0 spiro atoms. The third-order valence-corrected chi connectivity index (χ3v) is 4.15. The van der Waals surface area contributed by atoms with E-state index in [2.05, 4.69) is 60.7 Å². The normalized spacial score (nSPS) is 18.3.